The van der Waals surface area contributed by atoms with Gasteiger partial charge in [0.15, 0.2) is 0 Å². The highest BCUT2D eigenvalue weighted by Crippen LogP contribution is 2.21. The molecule has 1 aromatic rings. The van der Waals surface area contributed by atoms with Gasteiger partial charge in [0, 0.05) is 13.1 Å². The van der Waals surface area contributed by atoms with E-state index in [4.69, 9.17) is 5.11 Å². The Morgan fingerprint density at radius 3 is 2.53 bits per heavy atom. The number of hydrogen-bond donors (Lipinski definition) is 2. The molecule has 5 heteroatoms. The zero-order valence-corrected chi connectivity index (χ0v) is 11.7. The Bertz CT molecular complexity index is 484. The van der Waals surface area contributed by atoms with E-state index < -0.39 is 5.97 Å². The molecule has 1 aromatic carbocycles. The van der Waals surface area contributed by atoms with Gasteiger partial charge in [0.25, 0.3) is 0 Å². The number of anilines is 1. The molecule has 1 amide bonds. The number of amides is 1. The lowest BCUT2D eigenvalue weighted by Gasteiger charge is -2.22. The van der Waals surface area contributed by atoms with Gasteiger partial charge < -0.3 is 15.3 Å². The van der Waals surface area contributed by atoms with Crippen molar-refractivity contribution in [2.24, 2.45) is 0 Å². The minimum atomic E-state index is -0.994. The summed E-state index contributed by atoms with van der Waals surface area (Å²) in [5.74, 6) is -1.12. The van der Waals surface area contributed by atoms with E-state index in [2.05, 4.69) is 5.32 Å². The topological polar surface area (TPSA) is 69.6 Å². The van der Waals surface area contributed by atoms with Crippen LogP contribution in [0, 0.1) is 6.92 Å². The average molecular weight is 264 g/mol. The Hall–Kier alpha value is -2.04. The van der Waals surface area contributed by atoms with Crippen molar-refractivity contribution >= 4 is 17.6 Å². The van der Waals surface area contributed by atoms with Crippen molar-refractivity contribution in [3.63, 3.8) is 0 Å². The van der Waals surface area contributed by atoms with Gasteiger partial charge in [-0.1, -0.05) is 6.07 Å². The van der Waals surface area contributed by atoms with E-state index in [1.54, 1.807) is 30.1 Å². The average Bonchev–Trinajstić information content (AvgIpc) is 2.26. The molecule has 0 heterocycles. The summed E-state index contributed by atoms with van der Waals surface area (Å²) in [6, 6.07) is 5.14. The summed E-state index contributed by atoms with van der Waals surface area (Å²) in [4.78, 5) is 24.5. The minimum absolute atomic E-state index is 0.0670. The third-order valence-corrected chi connectivity index (χ3v) is 2.63. The van der Waals surface area contributed by atoms with E-state index in [0.29, 0.717) is 5.69 Å². The Labute approximate surface area is 113 Å². The van der Waals surface area contributed by atoms with Crippen LogP contribution >= 0.6 is 0 Å². The Morgan fingerprint density at radius 2 is 2.00 bits per heavy atom. The van der Waals surface area contributed by atoms with Gasteiger partial charge in [-0.25, -0.2) is 4.79 Å². The SMILES string of the molecule is Cc1ccc(C(=O)O)c(N(C)CC(=O)NC(C)C)c1. The molecule has 0 unspecified atom stereocenters. The molecular formula is C14H20N2O3. The van der Waals surface area contributed by atoms with Crippen molar-refractivity contribution < 1.29 is 14.7 Å². The van der Waals surface area contributed by atoms with Crippen LogP contribution in [0.25, 0.3) is 0 Å². The lowest BCUT2D eigenvalue weighted by molar-refractivity contribution is -0.120. The fourth-order valence-corrected chi connectivity index (χ4v) is 1.81. The number of carboxylic acid groups (broad SMARTS) is 1. The first kappa shape index (κ1) is 15.0. The van der Waals surface area contributed by atoms with Gasteiger partial charge in [-0.3, -0.25) is 4.79 Å². The Morgan fingerprint density at radius 1 is 1.37 bits per heavy atom. The number of likely N-dealkylation sites (N-methyl/N-ethyl adjacent to an activating group) is 1. The van der Waals surface area contributed by atoms with Gasteiger partial charge in [-0.15, -0.1) is 0 Å². The second-order valence-corrected chi connectivity index (χ2v) is 4.90. The maximum atomic E-state index is 11.7. The van der Waals surface area contributed by atoms with Crippen LogP contribution in [0.3, 0.4) is 0 Å². The molecule has 0 bridgehead atoms. The summed E-state index contributed by atoms with van der Waals surface area (Å²) < 4.78 is 0. The van der Waals surface area contributed by atoms with Gasteiger partial charge in [0.2, 0.25) is 5.91 Å². The third kappa shape index (κ3) is 4.28. The molecule has 0 aromatic heterocycles. The summed E-state index contributed by atoms with van der Waals surface area (Å²) in [7, 11) is 1.71. The first-order valence-electron chi connectivity index (χ1n) is 6.15. The standard InChI is InChI=1S/C14H20N2O3/c1-9(2)15-13(17)8-16(4)12-7-10(3)5-6-11(12)14(18)19/h5-7,9H,8H2,1-4H3,(H,15,17)(H,18,19). The van der Waals surface area contributed by atoms with E-state index in [1.165, 1.54) is 0 Å². The van der Waals surface area contributed by atoms with Crippen molar-refractivity contribution in [1.82, 2.24) is 5.32 Å². The van der Waals surface area contributed by atoms with Gasteiger partial charge >= 0.3 is 5.97 Å². The molecule has 0 saturated carbocycles. The number of hydrogen-bond acceptors (Lipinski definition) is 3. The monoisotopic (exact) mass is 264 g/mol. The second kappa shape index (κ2) is 6.22. The minimum Gasteiger partial charge on any atom is -0.478 e. The van der Waals surface area contributed by atoms with Crippen LogP contribution in [0.4, 0.5) is 5.69 Å². The summed E-state index contributed by atoms with van der Waals surface area (Å²) in [6.07, 6.45) is 0. The van der Waals surface area contributed by atoms with Crippen molar-refractivity contribution in [3.8, 4) is 0 Å². The smallest absolute Gasteiger partial charge is 0.337 e. The molecule has 0 radical (unpaired) electrons. The number of aryl methyl sites for hydroxylation is 1. The van der Waals surface area contributed by atoms with Crippen molar-refractivity contribution in [3.05, 3.63) is 29.3 Å². The zero-order chi connectivity index (χ0) is 14.6. The first-order valence-corrected chi connectivity index (χ1v) is 6.15. The highest BCUT2D eigenvalue weighted by Gasteiger charge is 2.16. The molecule has 5 nitrogen and oxygen atoms in total. The molecule has 0 fully saturated rings. The van der Waals surface area contributed by atoms with Gasteiger partial charge in [0.1, 0.15) is 0 Å². The highest BCUT2D eigenvalue weighted by atomic mass is 16.4. The van der Waals surface area contributed by atoms with E-state index in [9.17, 15) is 9.59 Å². The molecule has 0 saturated heterocycles. The van der Waals surface area contributed by atoms with Crippen LogP contribution in [0.1, 0.15) is 29.8 Å². The number of aromatic carboxylic acids is 1. The fraction of sp³-hybridized carbons (Fsp3) is 0.429. The summed E-state index contributed by atoms with van der Waals surface area (Å²) in [5.41, 5.74) is 1.70. The molecule has 0 aliphatic carbocycles. The van der Waals surface area contributed by atoms with E-state index >= 15 is 0 Å². The molecule has 19 heavy (non-hydrogen) atoms. The maximum Gasteiger partial charge on any atom is 0.337 e. The normalized spacial score (nSPS) is 10.4. The zero-order valence-electron chi connectivity index (χ0n) is 11.7. The number of benzene rings is 1. The van der Waals surface area contributed by atoms with Crippen molar-refractivity contribution in [1.29, 1.82) is 0 Å². The quantitative estimate of drug-likeness (QED) is 0.848. The van der Waals surface area contributed by atoms with Gasteiger partial charge in [0.05, 0.1) is 17.8 Å². The number of carboxylic acids is 1. The van der Waals surface area contributed by atoms with Crippen LogP contribution in [0.2, 0.25) is 0 Å². The van der Waals surface area contributed by atoms with Crippen LogP contribution in [0.15, 0.2) is 18.2 Å². The molecule has 104 valence electrons. The molecule has 0 aliphatic heterocycles. The van der Waals surface area contributed by atoms with Gasteiger partial charge in [-0.2, -0.15) is 0 Å². The highest BCUT2D eigenvalue weighted by molar-refractivity contribution is 5.95. The number of nitrogens with zero attached hydrogens (tertiary/aromatic N) is 1. The first-order chi connectivity index (χ1) is 8.81. The van der Waals surface area contributed by atoms with E-state index in [0.717, 1.165) is 5.56 Å². The van der Waals surface area contributed by atoms with E-state index in [1.807, 2.05) is 20.8 Å². The number of carbonyl (C=O) groups excluding carboxylic acids is 1. The molecule has 0 aliphatic rings. The molecular weight excluding hydrogens is 244 g/mol. The Balaban J connectivity index is 2.92. The Kier molecular flexibility index (Phi) is 4.92. The largest absolute Gasteiger partial charge is 0.478 e. The van der Waals surface area contributed by atoms with Crippen LogP contribution in [0.5, 0.6) is 0 Å². The predicted molar refractivity (Wildman–Crippen MR) is 74.7 cm³/mol. The number of carbonyl (C=O) groups is 2. The molecule has 1 rings (SSSR count). The summed E-state index contributed by atoms with van der Waals surface area (Å²) in [5, 5.41) is 11.9. The molecule has 0 spiro atoms. The van der Waals surface area contributed by atoms with Crippen molar-refractivity contribution in [2.45, 2.75) is 26.8 Å². The second-order valence-electron chi connectivity index (χ2n) is 4.90. The van der Waals surface area contributed by atoms with E-state index in [-0.39, 0.29) is 24.1 Å². The van der Waals surface area contributed by atoms with Crippen molar-refractivity contribution in [2.75, 3.05) is 18.5 Å². The summed E-state index contributed by atoms with van der Waals surface area (Å²) >= 11 is 0. The third-order valence-electron chi connectivity index (χ3n) is 2.63. The molecule has 2 N–H and O–H groups in total. The number of rotatable bonds is 5. The maximum absolute atomic E-state index is 11.7. The molecule has 0 atom stereocenters. The van der Waals surface area contributed by atoms with Crippen LogP contribution in [-0.2, 0) is 4.79 Å². The lowest BCUT2D eigenvalue weighted by atomic mass is 10.1. The summed E-state index contributed by atoms with van der Waals surface area (Å²) in [6.45, 7) is 5.78. The van der Waals surface area contributed by atoms with Crippen LogP contribution < -0.4 is 10.2 Å². The van der Waals surface area contributed by atoms with Gasteiger partial charge in [-0.05, 0) is 38.5 Å². The lowest BCUT2D eigenvalue weighted by Crippen LogP contribution is -2.39. The fourth-order valence-electron chi connectivity index (χ4n) is 1.81. The predicted octanol–water partition coefficient (Wildman–Crippen LogP) is 1.65. The number of nitrogens with one attached hydrogen (secondary N) is 1. The van der Waals surface area contributed by atoms with Crippen LogP contribution in [-0.4, -0.2) is 36.6 Å².